The molecule has 0 atom stereocenters. The summed E-state index contributed by atoms with van der Waals surface area (Å²) in [6.45, 7) is 1.97. The molecule has 0 saturated heterocycles. The quantitative estimate of drug-likeness (QED) is 0.690. The van der Waals surface area contributed by atoms with Gasteiger partial charge in [-0.25, -0.2) is 4.98 Å². The van der Waals surface area contributed by atoms with E-state index in [1.54, 1.807) is 0 Å². The summed E-state index contributed by atoms with van der Waals surface area (Å²) in [5.74, 6) is 0. The van der Waals surface area contributed by atoms with Gasteiger partial charge in [0.05, 0.1) is 18.4 Å². The van der Waals surface area contributed by atoms with Crippen LogP contribution >= 0.6 is 11.6 Å². The van der Waals surface area contributed by atoms with Gasteiger partial charge in [-0.3, -0.25) is 4.18 Å². The molecule has 18 heavy (non-hydrogen) atoms. The molecule has 0 saturated carbocycles. The van der Waals surface area contributed by atoms with Crippen molar-refractivity contribution < 1.29 is 12.6 Å². The second-order valence-corrected chi connectivity index (χ2v) is 6.09. The van der Waals surface area contributed by atoms with Crippen LogP contribution in [0.25, 0.3) is 10.9 Å². The van der Waals surface area contributed by atoms with Gasteiger partial charge in [-0.15, -0.1) is 0 Å². The van der Waals surface area contributed by atoms with Gasteiger partial charge < -0.3 is 4.98 Å². The number of hydrogen-bond donors (Lipinski definition) is 1. The van der Waals surface area contributed by atoms with E-state index in [1.165, 1.54) is 0 Å². The summed E-state index contributed by atoms with van der Waals surface area (Å²) in [5, 5.41) is 1.27. The third-order valence-electron chi connectivity index (χ3n) is 2.42. The molecule has 7 heteroatoms. The number of hydrogen-bond acceptors (Lipinski definition) is 4. The minimum atomic E-state index is -3.39. The Hall–Kier alpha value is -1.11. The van der Waals surface area contributed by atoms with E-state index in [-0.39, 0.29) is 6.61 Å². The fourth-order valence-electron chi connectivity index (χ4n) is 1.71. The van der Waals surface area contributed by atoms with E-state index < -0.39 is 10.1 Å². The molecule has 5 nitrogen and oxygen atoms in total. The Morgan fingerprint density at radius 2 is 2.17 bits per heavy atom. The lowest BCUT2D eigenvalue weighted by atomic mass is 10.2. The van der Waals surface area contributed by atoms with Crippen molar-refractivity contribution in [1.82, 2.24) is 9.97 Å². The van der Waals surface area contributed by atoms with E-state index in [1.807, 2.05) is 19.1 Å². The van der Waals surface area contributed by atoms with Gasteiger partial charge in [-0.1, -0.05) is 11.6 Å². The van der Waals surface area contributed by atoms with Crippen molar-refractivity contribution >= 4 is 32.6 Å². The van der Waals surface area contributed by atoms with Crippen molar-refractivity contribution in [1.29, 1.82) is 0 Å². The van der Waals surface area contributed by atoms with Crippen molar-refractivity contribution in [2.45, 2.75) is 13.3 Å². The number of rotatable bonds is 4. The van der Waals surface area contributed by atoms with Crippen LogP contribution in [0.3, 0.4) is 0 Å². The summed E-state index contributed by atoms with van der Waals surface area (Å²) < 4.78 is 26.3. The van der Waals surface area contributed by atoms with Gasteiger partial charge in [0.15, 0.2) is 0 Å². The Kier molecular flexibility index (Phi) is 3.61. The summed E-state index contributed by atoms with van der Waals surface area (Å²) in [7, 11) is -3.39. The van der Waals surface area contributed by atoms with Crippen LogP contribution in [0.2, 0.25) is 5.15 Å². The lowest BCUT2D eigenvalue weighted by molar-refractivity contribution is 0.325. The molecule has 0 aliphatic heterocycles. The summed E-state index contributed by atoms with van der Waals surface area (Å²) in [4.78, 5) is 7.32. The van der Waals surface area contributed by atoms with E-state index in [0.29, 0.717) is 11.6 Å². The number of H-pyrrole nitrogens is 1. The van der Waals surface area contributed by atoms with Gasteiger partial charge in [-0.05, 0) is 19.1 Å². The van der Waals surface area contributed by atoms with Crippen molar-refractivity contribution in [3.8, 4) is 0 Å². The van der Waals surface area contributed by atoms with Crippen LogP contribution in [-0.2, 0) is 20.7 Å². The molecule has 0 aromatic carbocycles. The van der Waals surface area contributed by atoms with Crippen LogP contribution < -0.4 is 0 Å². The van der Waals surface area contributed by atoms with E-state index in [4.69, 9.17) is 11.6 Å². The fraction of sp³-hybridized carbons (Fsp3) is 0.364. The molecule has 0 fully saturated rings. The molecule has 2 rings (SSSR count). The molecule has 0 spiro atoms. The molecule has 1 N–H and O–H groups in total. The van der Waals surface area contributed by atoms with E-state index in [9.17, 15) is 8.42 Å². The minimum Gasteiger partial charge on any atom is -0.358 e. The maximum Gasteiger partial charge on any atom is 0.264 e. The predicted molar refractivity (Wildman–Crippen MR) is 70.3 cm³/mol. The minimum absolute atomic E-state index is 0.107. The smallest absolute Gasteiger partial charge is 0.264 e. The van der Waals surface area contributed by atoms with E-state index >= 15 is 0 Å². The number of nitrogens with one attached hydrogen (secondary N) is 1. The monoisotopic (exact) mass is 288 g/mol. The first-order chi connectivity index (χ1) is 8.35. The van der Waals surface area contributed by atoms with E-state index in [2.05, 4.69) is 14.2 Å². The average molecular weight is 289 g/mol. The molecule has 0 amide bonds. The molecule has 2 aromatic rings. The van der Waals surface area contributed by atoms with Crippen molar-refractivity contribution in [2.24, 2.45) is 0 Å². The first kappa shape index (κ1) is 13.3. The summed E-state index contributed by atoms with van der Waals surface area (Å²) in [6.07, 6.45) is 1.50. The molecule has 0 radical (unpaired) electrons. The first-order valence-corrected chi connectivity index (χ1v) is 7.54. The van der Waals surface area contributed by atoms with Crippen molar-refractivity contribution in [3.63, 3.8) is 0 Å². The molecule has 2 aromatic heterocycles. The third-order valence-corrected chi connectivity index (χ3v) is 3.31. The van der Waals surface area contributed by atoms with Crippen LogP contribution in [-0.4, -0.2) is 31.2 Å². The molecule has 98 valence electrons. The predicted octanol–water partition coefficient (Wildman–Crippen LogP) is 2.04. The number of aromatic nitrogens is 2. The Balaban J connectivity index is 2.18. The van der Waals surface area contributed by atoms with Gasteiger partial charge in [-0.2, -0.15) is 8.42 Å². The number of pyridine rings is 1. The Labute approximate surface area is 110 Å². The van der Waals surface area contributed by atoms with Gasteiger partial charge in [0.25, 0.3) is 10.1 Å². The highest BCUT2D eigenvalue weighted by atomic mass is 35.5. The Morgan fingerprint density at radius 1 is 1.44 bits per heavy atom. The normalized spacial score (nSPS) is 12.2. The molecule has 0 unspecified atom stereocenters. The molecule has 2 heterocycles. The Bertz CT molecular complexity index is 679. The molecular formula is C11H13ClN2O3S. The van der Waals surface area contributed by atoms with Crippen molar-refractivity contribution in [3.05, 3.63) is 28.7 Å². The number of nitrogens with zero attached hydrogens (tertiary/aromatic N) is 1. The number of aromatic amines is 1. The SMILES string of the molecule is Cc1cc2[nH]c(CCOS(C)(=O)=O)cc2c(Cl)n1. The number of aryl methyl sites for hydroxylation is 1. The maximum atomic E-state index is 10.8. The number of fused-ring (bicyclic) bond motifs is 1. The zero-order chi connectivity index (χ0) is 13.3. The van der Waals surface area contributed by atoms with Gasteiger partial charge in [0, 0.05) is 23.2 Å². The van der Waals surface area contributed by atoms with E-state index in [0.717, 1.165) is 28.5 Å². The van der Waals surface area contributed by atoms with Gasteiger partial charge >= 0.3 is 0 Å². The lowest BCUT2D eigenvalue weighted by Gasteiger charge is -1.98. The fourth-order valence-corrected chi connectivity index (χ4v) is 2.38. The second kappa shape index (κ2) is 4.87. The first-order valence-electron chi connectivity index (χ1n) is 5.34. The standard InChI is InChI=1S/C11H13ClN2O3S/c1-7-5-10-9(11(12)13-7)6-8(14-10)3-4-17-18(2,15)16/h5-6,14H,3-4H2,1-2H3. The zero-order valence-electron chi connectivity index (χ0n) is 10.0. The van der Waals surface area contributed by atoms with Gasteiger partial charge in [0.1, 0.15) is 5.15 Å². The van der Waals surface area contributed by atoms with Gasteiger partial charge in [0.2, 0.25) is 0 Å². The largest absolute Gasteiger partial charge is 0.358 e. The summed E-state index contributed by atoms with van der Waals surface area (Å²) in [6, 6.07) is 3.75. The second-order valence-electron chi connectivity index (χ2n) is 4.09. The molecule has 0 bridgehead atoms. The topological polar surface area (TPSA) is 72.1 Å². The Morgan fingerprint density at radius 3 is 2.83 bits per heavy atom. The summed E-state index contributed by atoms with van der Waals surface area (Å²) in [5.41, 5.74) is 2.58. The third kappa shape index (κ3) is 3.22. The van der Waals surface area contributed by atoms with Crippen LogP contribution in [0.15, 0.2) is 12.1 Å². The van der Waals surface area contributed by atoms with Crippen LogP contribution in [0, 0.1) is 6.92 Å². The maximum absolute atomic E-state index is 10.8. The zero-order valence-corrected chi connectivity index (χ0v) is 11.6. The van der Waals surface area contributed by atoms with Crippen LogP contribution in [0.4, 0.5) is 0 Å². The summed E-state index contributed by atoms with van der Waals surface area (Å²) >= 11 is 6.02. The molecule has 0 aliphatic carbocycles. The highest BCUT2D eigenvalue weighted by molar-refractivity contribution is 7.85. The lowest BCUT2D eigenvalue weighted by Crippen LogP contribution is -2.06. The van der Waals surface area contributed by atoms with Crippen LogP contribution in [0.5, 0.6) is 0 Å². The van der Waals surface area contributed by atoms with Crippen molar-refractivity contribution in [2.75, 3.05) is 12.9 Å². The highest BCUT2D eigenvalue weighted by Crippen LogP contribution is 2.23. The number of halogens is 1. The van der Waals surface area contributed by atoms with Crippen LogP contribution in [0.1, 0.15) is 11.4 Å². The molecular weight excluding hydrogens is 276 g/mol. The molecule has 0 aliphatic rings. The average Bonchev–Trinajstić information content (AvgIpc) is 2.58. The highest BCUT2D eigenvalue weighted by Gasteiger charge is 2.08.